The Morgan fingerprint density at radius 2 is 2.06 bits per heavy atom. The van der Waals surface area contributed by atoms with Crippen molar-refractivity contribution in [3.05, 3.63) is 33.9 Å². The highest BCUT2D eigenvalue weighted by molar-refractivity contribution is 6.17. The van der Waals surface area contributed by atoms with Crippen LogP contribution in [0.25, 0.3) is 0 Å². The molecule has 0 amide bonds. The molecule has 0 radical (unpaired) electrons. The lowest BCUT2D eigenvalue weighted by Crippen LogP contribution is -2.11. The predicted octanol–water partition coefficient (Wildman–Crippen LogP) is 4.15. The molecular formula is C13H18ClNO3. The van der Waals surface area contributed by atoms with Gasteiger partial charge in [0.15, 0.2) is 0 Å². The Balaban J connectivity index is 2.74. The van der Waals surface area contributed by atoms with Crippen molar-refractivity contribution < 1.29 is 9.66 Å². The van der Waals surface area contributed by atoms with E-state index in [0.29, 0.717) is 17.9 Å². The minimum Gasteiger partial charge on any atom is -0.493 e. The smallest absolute Gasteiger partial charge is 0.270 e. The Morgan fingerprint density at radius 3 is 2.56 bits per heavy atom. The number of alkyl halides is 1. The molecule has 0 aliphatic rings. The minimum atomic E-state index is -0.436. The lowest BCUT2D eigenvalue weighted by molar-refractivity contribution is -0.384. The van der Waals surface area contributed by atoms with Crippen molar-refractivity contribution in [3.8, 4) is 5.75 Å². The number of hydrogen-bond acceptors (Lipinski definition) is 3. The molecule has 0 aromatic heterocycles. The summed E-state index contributed by atoms with van der Waals surface area (Å²) in [7, 11) is 0. The summed E-state index contributed by atoms with van der Waals surface area (Å²) in [6.07, 6.45) is 0.908. The van der Waals surface area contributed by atoms with Gasteiger partial charge in [-0.3, -0.25) is 10.1 Å². The summed E-state index contributed by atoms with van der Waals surface area (Å²) in [5.74, 6) is 0.826. The summed E-state index contributed by atoms with van der Waals surface area (Å²) in [6, 6.07) is 4.50. The lowest BCUT2D eigenvalue weighted by Gasteiger charge is -2.18. The Morgan fingerprint density at radius 1 is 1.39 bits per heavy atom. The molecule has 0 atom stereocenters. The Hall–Kier alpha value is -1.29. The average Bonchev–Trinajstić information content (AvgIpc) is 2.27. The molecular weight excluding hydrogens is 254 g/mol. The van der Waals surface area contributed by atoms with Crippen molar-refractivity contribution in [2.75, 3.05) is 6.61 Å². The van der Waals surface area contributed by atoms with Crippen molar-refractivity contribution in [2.45, 2.75) is 33.1 Å². The number of nitrogens with zero attached hydrogens (tertiary/aromatic N) is 1. The Labute approximate surface area is 112 Å². The second-order valence-electron chi connectivity index (χ2n) is 5.34. The quantitative estimate of drug-likeness (QED) is 0.459. The maximum absolute atomic E-state index is 10.6. The number of hydrogen-bond donors (Lipinski definition) is 0. The second-order valence-corrected chi connectivity index (χ2v) is 5.61. The maximum atomic E-state index is 10.6. The molecule has 0 spiro atoms. The first-order valence-electron chi connectivity index (χ1n) is 5.79. The van der Waals surface area contributed by atoms with Crippen LogP contribution in [0.15, 0.2) is 18.2 Å². The number of benzene rings is 1. The summed E-state index contributed by atoms with van der Waals surface area (Å²) >= 11 is 5.77. The second kappa shape index (κ2) is 6.05. The third-order valence-electron chi connectivity index (χ3n) is 2.51. The van der Waals surface area contributed by atoms with E-state index in [1.54, 1.807) is 6.07 Å². The first-order valence-corrected chi connectivity index (χ1v) is 6.33. The van der Waals surface area contributed by atoms with Crippen molar-refractivity contribution >= 4 is 17.3 Å². The lowest BCUT2D eigenvalue weighted by atomic mass is 9.93. The number of ether oxygens (including phenoxy) is 1. The predicted molar refractivity (Wildman–Crippen MR) is 72.2 cm³/mol. The maximum Gasteiger partial charge on any atom is 0.270 e. The van der Waals surface area contributed by atoms with Crippen molar-refractivity contribution in [2.24, 2.45) is 5.41 Å². The van der Waals surface area contributed by atoms with Crippen LogP contribution in [0.2, 0.25) is 0 Å². The minimum absolute atomic E-state index is 0.0359. The molecule has 0 N–H and O–H groups in total. The molecule has 18 heavy (non-hydrogen) atoms. The first kappa shape index (κ1) is 14.8. The molecule has 0 heterocycles. The van der Waals surface area contributed by atoms with Crippen LogP contribution in [0.3, 0.4) is 0 Å². The zero-order chi connectivity index (χ0) is 13.8. The number of nitro benzene ring substituents is 1. The van der Waals surface area contributed by atoms with E-state index in [2.05, 4.69) is 20.8 Å². The van der Waals surface area contributed by atoms with Crippen molar-refractivity contribution in [1.82, 2.24) is 0 Å². The number of halogens is 1. The van der Waals surface area contributed by atoms with E-state index in [4.69, 9.17) is 16.3 Å². The van der Waals surface area contributed by atoms with E-state index in [-0.39, 0.29) is 17.0 Å². The number of non-ortho nitro benzene ring substituents is 1. The molecule has 1 aromatic carbocycles. The summed E-state index contributed by atoms with van der Waals surface area (Å²) in [4.78, 5) is 10.2. The fourth-order valence-electron chi connectivity index (χ4n) is 1.39. The van der Waals surface area contributed by atoms with Crippen LogP contribution < -0.4 is 4.74 Å². The van der Waals surface area contributed by atoms with Crippen LogP contribution in [0.5, 0.6) is 5.75 Å². The molecule has 0 saturated heterocycles. The standard InChI is InChI=1S/C13H18ClNO3/c1-13(2,3)6-7-18-12-5-4-11(15(16)17)8-10(12)9-14/h4-5,8H,6-7,9H2,1-3H3. The van der Waals surface area contributed by atoms with Gasteiger partial charge in [0.1, 0.15) is 5.75 Å². The van der Waals surface area contributed by atoms with Gasteiger partial charge in [-0.2, -0.15) is 0 Å². The number of rotatable bonds is 5. The molecule has 0 aliphatic heterocycles. The molecule has 0 bridgehead atoms. The van der Waals surface area contributed by atoms with E-state index in [1.807, 2.05) is 0 Å². The Bertz CT molecular complexity index is 427. The molecule has 1 rings (SSSR count). The van der Waals surface area contributed by atoms with Gasteiger partial charge in [0, 0.05) is 17.7 Å². The molecule has 100 valence electrons. The van der Waals surface area contributed by atoms with Crippen LogP contribution in [-0.4, -0.2) is 11.5 Å². The van der Waals surface area contributed by atoms with Gasteiger partial charge < -0.3 is 4.74 Å². The number of nitro groups is 1. The normalized spacial score (nSPS) is 11.3. The van der Waals surface area contributed by atoms with Gasteiger partial charge in [-0.15, -0.1) is 11.6 Å². The highest BCUT2D eigenvalue weighted by atomic mass is 35.5. The summed E-state index contributed by atoms with van der Waals surface area (Å²) < 4.78 is 5.63. The molecule has 1 aromatic rings. The van der Waals surface area contributed by atoms with Crippen LogP contribution in [0, 0.1) is 15.5 Å². The third-order valence-corrected chi connectivity index (χ3v) is 2.80. The highest BCUT2D eigenvalue weighted by Gasteiger charge is 2.13. The summed E-state index contributed by atoms with van der Waals surface area (Å²) in [5.41, 5.74) is 0.885. The molecule has 0 aliphatic carbocycles. The first-order chi connectivity index (χ1) is 8.33. The summed E-state index contributed by atoms with van der Waals surface area (Å²) in [5, 5.41) is 10.6. The largest absolute Gasteiger partial charge is 0.493 e. The average molecular weight is 272 g/mol. The van der Waals surface area contributed by atoms with Crippen LogP contribution in [-0.2, 0) is 5.88 Å². The van der Waals surface area contributed by atoms with Gasteiger partial charge in [-0.05, 0) is 17.9 Å². The van der Waals surface area contributed by atoms with E-state index in [9.17, 15) is 10.1 Å². The van der Waals surface area contributed by atoms with Gasteiger partial charge in [0.25, 0.3) is 5.69 Å². The van der Waals surface area contributed by atoms with Gasteiger partial charge in [0.05, 0.1) is 17.4 Å². The topological polar surface area (TPSA) is 52.4 Å². The molecule has 0 unspecified atom stereocenters. The third kappa shape index (κ3) is 4.53. The van der Waals surface area contributed by atoms with Gasteiger partial charge in [-0.25, -0.2) is 0 Å². The van der Waals surface area contributed by atoms with Crippen molar-refractivity contribution in [3.63, 3.8) is 0 Å². The summed E-state index contributed by atoms with van der Waals surface area (Å²) in [6.45, 7) is 6.98. The fraction of sp³-hybridized carbons (Fsp3) is 0.538. The monoisotopic (exact) mass is 271 g/mol. The Kier molecular flexibility index (Phi) is 4.96. The van der Waals surface area contributed by atoms with E-state index >= 15 is 0 Å². The van der Waals surface area contributed by atoms with Crippen LogP contribution >= 0.6 is 11.6 Å². The van der Waals surface area contributed by atoms with E-state index in [0.717, 1.165) is 6.42 Å². The highest BCUT2D eigenvalue weighted by Crippen LogP contribution is 2.27. The van der Waals surface area contributed by atoms with Gasteiger partial charge in [0.2, 0.25) is 0 Å². The molecule has 5 heteroatoms. The molecule has 0 fully saturated rings. The van der Waals surface area contributed by atoms with E-state index in [1.165, 1.54) is 12.1 Å². The zero-order valence-corrected chi connectivity index (χ0v) is 11.7. The van der Waals surface area contributed by atoms with Crippen LogP contribution in [0.4, 0.5) is 5.69 Å². The SMILES string of the molecule is CC(C)(C)CCOc1ccc([N+](=O)[O-])cc1CCl. The molecule has 0 saturated carbocycles. The van der Waals surface area contributed by atoms with Crippen LogP contribution in [0.1, 0.15) is 32.8 Å². The van der Waals surface area contributed by atoms with Gasteiger partial charge in [-0.1, -0.05) is 20.8 Å². The zero-order valence-electron chi connectivity index (χ0n) is 10.9. The van der Waals surface area contributed by atoms with Crippen molar-refractivity contribution in [1.29, 1.82) is 0 Å². The van der Waals surface area contributed by atoms with Gasteiger partial charge >= 0.3 is 0 Å². The van der Waals surface area contributed by atoms with E-state index < -0.39 is 4.92 Å². The molecule has 4 nitrogen and oxygen atoms in total. The fourth-order valence-corrected chi connectivity index (χ4v) is 1.60.